The van der Waals surface area contributed by atoms with Crippen LogP contribution in [0.4, 0.5) is 0 Å². The zero-order chi connectivity index (χ0) is 12.4. The lowest BCUT2D eigenvalue weighted by Gasteiger charge is -2.08. The number of nitrogens with zero attached hydrogens (tertiary/aromatic N) is 3. The maximum atomic E-state index is 11.4. The Hall–Kier alpha value is -1.59. The fourth-order valence-corrected chi connectivity index (χ4v) is 1.74. The molecule has 0 radical (unpaired) electrons. The standard InChI is InChI=1S/C10H7Cl2N3O2/c1-17-10(16)6-2-7(11)9(12)8(3-6)15-4-13-14-5-15/h2-5H,1H3. The summed E-state index contributed by atoms with van der Waals surface area (Å²) >= 11 is 12.0. The molecule has 5 nitrogen and oxygen atoms in total. The Bertz CT molecular complexity index is 555. The first kappa shape index (κ1) is 11.9. The summed E-state index contributed by atoms with van der Waals surface area (Å²) in [5.74, 6) is -0.488. The zero-order valence-corrected chi connectivity index (χ0v) is 10.2. The molecule has 1 aromatic carbocycles. The Labute approximate surface area is 107 Å². The van der Waals surface area contributed by atoms with Crippen LogP contribution in [0.5, 0.6) is 0 Å². The molecule has 88 valence electrons. The highest BCUT2D eigenvalue weighted by Gasteiger charge is 2.14. The maximum Gasteiger partial charge on any atom is 0.337 e. The molecule has 0 N–H and O–H groups in total. The smallest absolute Gasteiger partial charge is 0.337 e. The summed E-state index contributed by atoms with van der Waals surface area (Å²) < 4.78 is 6.18. The van der Waals surface area contributed by atoms with Crippen LogP contribution in [-0.2, 0) is 4.74 Å². The van der Waals surface area contributed by atoms with Crippen molar-refractivity contribution in [2.24, 2.45) is 0 Å². The van der Waals surface area contributed by atoms with E-state index in [1.165, 1.54) is 25.8 Å². The third kappa shape index (κ3) is 2.25. The average molecular weight is 272 g/mol. The molecule has 2 aromatic rings. The van der Waals surface area contributed by atoms with Crippen LogP contribution in [0.25, 0.3) is 5.69 Å². The summed E-state index contributed by atoms with van der Waals surface area (Å²) in [4.78, 5) is 11.4. The van der Waals surface area contributed by atoms with E-state index in [-0.39, 0.29) is 5.02 Å². The number of hydrogen-bond donors (Lipinski definition) is 0. The number of rotatable bonds is 2. The fourth-order valence-electron chi connectivity index (χ4n) is 1.32. The molecule has 0 aliphatic rings. The van der Waals surface area contributed by atoms with Crippen LogP contribution in [0.1, 0.15) is 10.4 Å². The van der Waals surface area contributed by atoms with E-state index in [9.17, 15) is 4.79 Å². The van der Waals surface area contributed by atoms with Gasteiger partial charge in [-0.05, 0) is 12.1 Å². The predicted molar refractivity (Wildman–Crippen MR) is 62.7 cm³/mol. The minimum Gasteiger partial charge on any atom is -0.465 e. The molecule has 0 spiro atoms. The number of hydrogen-bond acceptors (Lipinski definition) is 4. The number of esters is 1. The van der Waals surface area contributed by atoms with Gasteiger partial charge in [-0.3, -0.25) is 4.57 Å². The molecule has 0 unspecified atom stereocenters. The van der Waals surface area contributed by atoms with Gasteiger partial charge in [-0.2, -0.15) is 0 Å². The Morgan fingerprint density at radius 1 is 1.29 bits per heavy atom. The number of carbonyl (C=O) groups is 1. The van der Waals surface area contributed by atoms with Crippen molar-refractivity contribution in [3.8, 4) is 5.69 Å². The van der Waals surface area contributed by atoms with Gasteiger partial charge in [0.2, 0.25) is 0 Å². The molecule has 0 saturated carbocycles. The van der Waals surface area contributed by atoms with Crippen LogP contribution in [0.2, 0.25) is 10.0 Å². The Morgan fingerprint density at radius 2 is 1.94 bits per heavy atom. The lowest BCUT2D eigenvalue weighted by atomic mass is 10.2. The van der Waals surface area contributed by atoms with Crippen LogP contribution >= 0.6 is 23.2 Å². The Balaban J connectivity index is 2.59. The molecule has 1 heterocycles. The molecule has 7 heteroatoms. The van der Waals surface area contributed by atoms with Gasteiger partial charge in [0, 0.05) is 0 Å². The third-order valence-electron chi connectivity index (χ3n) is 2.13. The number of methoxy groups -OCH3 is 1. The van der Waals surface area contributed by atoms with Crippen LogP contribution in [0, 0.1) is 0 Å². The largest absolute Gasteiger partial charge is 0.465 e. The zero-order valence-electron chi connectivity index (χ0n) is 8.72. The van der Waals surface area contributed by atoms with Crippen LogP contribution in [0.3, 0.4) is 0 Å². The topological polar surface area (TPSA) is 57.0 Å². The molecular formula is C10H7Cl2N3O2. The van der Waals surface area contributed by atoms with Gasteiger partial charge in [-0.25, -0.2) is 4.79 Å². The van der Waals surface area contributed by atoms with E-state index in [1.807, 2.05) is 0 Å². The van der Waals surface area contributed by atoms with Gasteiger partial charge in [-0.1, -0.05) is 23.2 Å². The van der Waals surface area contributed by atoms with Crippen LogP contribution in [0.15, 0.2) is 24.8 Å². The lowest BCUT2D eigenvalue weighted by molar-refractivity contribution is 0.0600. The molecule has 0 saturated heterocycles. The monoisotopic (exact) mass is 271 g/mol. The third-order valence-corrected chi connectivity index (χ3v) is 2.92. The summed E-state index contributed by atoms with van der Waals surface area (Å²) in [6.07, 6.45) is 2.91. The summed E-state index contributed by atoms with van der Waals surface area (Å²) in [5, 5.41) is 7.90. The predicted octanol–water partition coefficient (Wildman–Crippen LogP) is 2.36. The highest BCUT2D eigenvalue weighted by molar-refractivity contribution is 6.43. The van der Waals surface area contributed by atoms with Crippen LogP contribution < -0.4 is 0 Å². The van der Waals surface area contributed by atoms with E-state index in [1.54, 1.807) is 10.6 Å². The van der Waals surface area contributed by atoms with Gasteiger partial charge in [-0.15, -0.1) is 10.2 Å². The summed E-state index contributed by atoms with van der Waals surface area (Å²) in [6, 6.07) is 3.01. The molecule has 0 amide bonds. The van der Waals surface area contributed by atoms with Crippen molar-refractivity contribution >= 4 is 29.2 Å². The fraction of sp³-hybridized carbons (Fsp3) is 0.100. The van der Waals surface area contributed by atoms with Gasteiger partial charge in [0.15, 0.2) is 0 Å². The SMILES string of the molecule is COC(=O)c1cc(Cl)c(Cl)c(-n2cnnc2)c1. The van der Waals surface area contributed by atoms with E-state index in [2.05, 4.69) is 14.9 Å². The summed E-state index contributed by atoms with van der Waals surface area (Å²) in [5.41, 5.74) is 0.829. The van der Waals surface area contributed by atoms with Gasteiger partial charge in [0.1, 0.15) is 12.7 Å². The average Bonchev–Trinajstić information content (AvgIpc) is 2.85. The number of aromatic nitrogens is 3. The second kappa shape index (κ2) is 4.73. The van der Waals surface area contributed by atoms with E-state index >= 15 is 0 Å². The van der Waals surface area contributed by atoms with E-state index in [0.29, 0.717) is 16.3 Å². The minimum absolute atomic E-state index is 0.262. The van der Waals surface area contributed by atoms with E-state index < -0.39 is 5.97 Å². The van der Waals surface area contributed by atoms with Crippen LogP contribution in [-0.4, -0.2) is 27.8 Å². The van der Waals surface area contributed by atoms with Gasteiger partial charge in [0.25, 0.3) is 0 Å². The van der Waals surface area contributed by atoms with Crippen molar-refractivity contribution < 1.29 is 9.53 Å². The molecule has 0 bridgehead atoms. The second-order valence-corrected chi connectivity index (χ2v) is 3.94. The van der Waals surface area contributed by atoms with Crippen molar-refractivity contribution in [1.82, 2.24) is 14.8 Å². The molecule has 0 aliphatic heterocycles. The molecule has 17 heavy (non-hydrogen) atoms. The van der Waals surface area contributed by atoms with Crippen molar-refractivity contribution in [2.75, 3.05) is 7.11 Å². The van der Waals surface area contributed by atoms with Crippen molar-refractivity contribution in [3.05, 3.63) is 40.4 Å². The Morgan fingerprint density at radius 3 is 2.53 bits per heavy atom. The maximum absolute atomic E-state index is 11.4. The molecule has 2 rings (SSSR count). The molecular weight excluding hydrogens is 265 g/mol. The second-order valence-electron chi connectivity index (χ2n) is 3.15. The van der Waals surface area contributed by atoms with Crippen molar-refractivity contribution in [2.45, 2.75) is 0 Å². The van der Waals surface area contributed by atoms with Gasteiger partial charge >= 0.3 is 5.97 Å². The van der Waals surface area contributed by atoms with E-state index in [0.717, 1.165) is 0 Å². The molecule has 1 aromatic heterocycles. The van der Waals surface area contributed by atoms with Gasteiger partial charge in [0.05, 0.1) is 28.4 Å². The van der Waals surface area contributed by atoms with E-state index in [4.69, 9.17) is 23.2 Å². The van der Waals surface area contributed by atoms with Crippen molar-refractivity contribution in [1.29, 1.82) is 0 Å². The number of carbonyl (C=O) groups excluding carboxylic acids is 1. The highest BCUT2D eigenvalue weighted by Crippen LogP contribution is 2.30. The first-order valence-electron chi connectivity index (χ1n) is 4.56. The minimum atomic E-state index is -0.488. The molecule has 0 fully saturated rings. The summed E-state index contributed by atoms with van der Waals surface area (Å²) in [6.45, 7) is 0. The number of benzene rings is 1. The molecule has 0 atom stereocenters. The van der Waals surface area contributed by atoms with Gasteiger partial charge < -0.3 is 4.74 Å². The van der Waals surface area contributed by atoms with Crippen molar-refractivity contribution in [3.63, 3.8) is 0 Å². The highest BCUT2D eigenvalue weighted by atomic mass is 35.5. The molecule has 0 aliphatic carbocycles. The quantitative estimate of drug-likeness (QED) is 0.787. The Kier molecular flexibility index (Phi) is 3.31. The lowest BCUT2D eigenvalue weighted by Crippen LogP contribution is -2.03. The first-order chi connectivity index (χ1) is 8.13. The summed E-state index contributed by atoms with van der Waals surface area (Å²) in [7, 11) is 1.29. The first-order valence-corrected chi connectivity index (χ1v) is 5.31. The number of ether oxygens (including phenoxy) is 1. The normalized spacial score (nSPS) is 10.3. The number of halogens is 2.